The topological polar surface area (TPSA) is 58.2 Å². The predicted molar refractivity (Wildman–Crippen MR) is 62.2 cm³/mol. The van der Waals surface area contributed by atoms with Gasteiger partial charge in [0.1, 0.15) is 0 Å². The fraction of sp³-hybridized carbons (Fsp3) is 0.800. The van der Waals surface area contributed by atoms with E-state index in [2.05, 4.69) is 16.1 Å². The molecule has 1 heterocycles. The zero-order valence-corrected chi connectivity index (χ0v) is 10.2. The Bertz CT molecular complexity index is 320. The third kappa shape index (κ3) is 4.32. The van der Waals surface area contributed by atoms with E-state index in [1.165, 1.54) is 5.57 Å². The molecule has 0 aromatic rings. The SMILES string of the molecule is CC(C)S(=O)(=O)NCCC1=CCNCC1. The second-order valence-corrected chi connectivity index (χ2v) is 6.38. The second-order valence-electron chi connectivity index (χ2n) is 4.05. The van der Waals surface area contributed by atoms with E-state index in [9.17, 15) is 8.42 Å². The molecule has 0 bridgehead atoms. The predicted octanol–water partition coefficient (Wildman–Crippen LogP) is 0.624. The first-order valence-corrected chi connectivity index (χ1v) is 6.94. The molecule has 5 heteroatoms. The molecule has 2 N–H and O–H groups in total. The Labute approximate surface area is 92.2 Å². The van der Waals surface area contributed by atoms with E-state index < -0.39 is 10.0 Å². The van der Waals surface area contributed by atoms with Crippen molar-refractivity contribution in [3.63, 3.8) is 0 Å². The van der Waals surface area contributed by atoms with E-state index in [0.717, 1.165) is 25.9 Å². The standard InChI is InChI=1S/C10H20N2O2S/c1-9(2)15(13,14)12-8-5-10-3-6-11-7-4-10/h3,9,11-12H,4-8H2,1-2H3. The van der Waals surface area contributed by atoms with Crippen LogP contribution < -0.4 is 10.0 Å². The number of hydrogen-bond acceptors (Lipinski definition) is 3. The molecule has 15 heavy (non-hydrogen) atoms. The fourth-order valence-electron chi connectivity index (χ4n) is 1.42. The van der Waals surface area contributed by atoms with Crippen molar-refractivity contribution in [3.8, 4) is 0 Å². The third-order valence-corrected chi connectivity index (χ3v) is 4.38. The van der Waals surface area contributed by atoms with Crippen LogP contribution in [0.5, 0.6) is 0 Å². The van der Waals surface area contributed by atoms with E-state index in [4.69, 9.17) is 0 Å². The summed E-state index contributed by atoms with van der Waals surface area (Å²) in [6, 6.07) is 0. The van der Waals surface area contributed by atoms with E-state index in [-0.39, 0.29) is 5.25 Å². The van der Waals surface area contributed by atoms with Gasteiger partial charge in [-0.2, -0.15) is 0 Å². The molecule has 0 aliphatic carbocycles. The molecule has 0 unspecified atom stereocenters. The Hall–Kier alpha value is -0.390. The van der Waals surface area contributed by atoms with Gasteiger partial charge in [0.15, 0.2) is 0 Å². The Balaban J connectivity index is 2.30. The van der Waals surface area contributed by atoms with Gasteiger partial charge in [0.2, 0.25) is 10.0 Å². The molecule has 1 aliphatic rings. The molecule has 0 saturated heterocycles. The van der Waals surface area contributed by atoms with Gasteiger partial charge in [0.05, 0.1) is 5.25 Å². The molecule has 0 aromatic carbocycles. The summed E-state index contributed by atoms with van der Waals surface area (Å²) < 4.78 is 25.5. The highest BCUT2D eigenvalue weighted by Crippen LogP contribution is 2.08. The minimum atomic E-state index is -3.09. The molecule has 1 rings (SSSR count). The minimum Gasteiger partial charge on any atom is -0.313 e. The van der Waals surface area contributed by atoms with Gasteiger partial charge in [-0.25, -0.2) is 13.1 Å². The van der Waals surface area contributed by atoms with Crippen molar-refractivity contribution in [2.24, 2.45) is 0 Å². The summed E-state index contributed by atoms with van der Waals surface area (Å²) in [5, 5.41) is 2.88. The van der Waals surface area contributed by atoms with Crippen LogP contribution in [0.15, 0.2) is 11.6 Å². The van der Waals surface area contributed by atoms with Crippen molar-refractivity contribution >= 4 is 10.0 Å². The minimum absolute atomic E-state index is 0.348. The van der Waals surface area contributed by atoms with E-state index in [0.29, 0.717) is 6.54 Å². The van der Waals surface area contributed by atoms with Crippen LogP contribution in [0.1, 0.15) is 26.7 Å². The monoisotopic (exact) mass is 232 g/mol. The largest absolute Gasteiger partial charge is 0.313 e. The lowest BCUT2D eigenvalue weighted by molar-refractivity contribution is 0.571. The third-order valence-electron chi connectivity index (χ3n) is 2.53. The summed E-state index contributed by atoms with van der Waals surface area (Å²) >= 11 is 0. The van der Waals surface area contributed by atoms with Gasteiger partial charge < -0.3 is 5.32 Å². The van der Waals surface area contributed by atoms with Crippen LogP contribution in [0.2, 0.25) is 0 Å². The number of hydrogen-bond donors (Lipinski definition) is 2. The van der Waals surface area contributed by atoms with Crippen molar-refractivity contribution < 1.29 is 8.42 Å². The molecule has 4 nitrogen and oxygen atoms in total. The van der Waals surface area contributed by atoms with Gasteiger partial charge in [-0.1, -0.05) is 11.6 Å². The lowest BCUT2D eigenvalue weighted by Crippen LogP contribution is -2.32. The molecule has 0 saturated carbocycles. The van der Waals surface area contributed by atoms with E-state index in [1.807, 2.05) is 0 Å². The van der Waals surface area contributed by atoms with E-state index in [1.54, 1.807) is 13.8 Å². The molecular formula is C10H20N2O2S. The Kier molecular flexibility index (Phi) is 4.76. The first-order valence-electron chi connectivity index (χ1n) is 5.39. The van der Waals surface area contributed by atoms with Crippen LogP contribution in [-0.4, -0.2) is 33.3 Å². The number of sulfonamides is 1. The lowest BCUT2D eigenvalue weighted by atomic mass is 10.1. The number of nitrogens with one attached hydrogen (secondary N) is 2. The maximum absolute atomic E-state index is 11.4. The normalized spacial score (nSPS) is 17.9. The van der Waals surface area contributed by atoms with Crippen LogP contribution in [-0.2, 0) is 10.0 Å². The molecule has 0 atom stereocenters. The van der Waals surface area contributed by atoms with Gasteiger partial charge >= 0.3 is 0 Å². The molecule has 0 radical (unpaired) electrons. The summed E-state index contributed by atoms with van der Waals surface area (Å²) in [5.41, 5.74) is 1.35. The summed E-state index contributed by atoms with van der Waals surface area (Å²) in [4.78, 5) is 0. The molecule has 0 spiro atoms. The van der Waals surface area contributed by atoms with Gasteiger partial charge in [0, 0.05) is 13.1 Å². The van der Waals surface area contributed by atoms with Gasteiger partial charge in [-0.15, -0.1) is 0 Å². The zero-order valence-electron chi connectivity index (χ0n) is 9.41. The lowest BCUT2D eigenvalue weighted by Gasteiger charge is -2.15. The summed E-state index contributed by atoms with van der Waals surface area (Å²) in [7, 11) is -3.09. The van der Waals surface area contributed by atoms with Gasteiger partial charge in [-0.3, -0.25) is 0 Å². The smallest absolute Gasteiger partial charge is 0.213 e. The molecule has 0 aromatic heterocycles. The summed E-state index contributed by atoms with van der Waals surface area (Å²) in [6.45, 7) is 5.81. The molecule has 88 valence electrons. The Morgan fingerprint density at radius 2 is 2.27 bits per heavy atom. The van der Waals surface area contributed by atoms with Crippen molar-refractivity contribution in [1.29, 1.82) is 0 Å². The van der Waals surface area contributed by atoms with Crippen molar-refractivity contribution in [1.82, 2.24) is 10.0 Å². The highest BCUT2D eigenvalue weighted by molar-refractivity contribution is 7.90. The first kappa shape index (κ1) is 12.7. The zero-order chi connectivity index (χ0) is 11.3. The van der Waals surface area contributed by atoms with Crippen molar-refractivity contribution in [3.05, 3.63) is 11.6 Å². The average molecular weight is 232 g/mol. The van der Waals surface area contributed by atoms with Gasteiger partial charge in [0.25, 0.3) is 0 Å². The molecule has 0 amide bonds. The van der Waals surface area contributed by atoms with E-state index >= 15 is 0 Å². The van der Waals surface area contributed by atoms with Gasteiger partial charge in [-0.05, 0) is 33.2 Å². The maximum Gasteiger partial charge on any atom is 0.213 e. The highest BCUT2D eigenvalue weighted by atomic mass is 32.2. The quantitative estimate of drug-likeness (QED) is 0.683. The van der Waals surface area contributed by atoms with Crippen LogP contribution in [0.25, 0.3) is 0 Å². The maximum atomic E-state index is 11.4. The first-order chi connectivity index (χ1) is 7.02. The average Bonchev–Trinajstić information content (AvgIpc) is 2.19. The van der Waals surface area contributed by atoms with Crippen LogP contribution >= 0.6 is 0 Å². The fourth-order valence-corrected chi connectivity index (χ4v) is 2.14. The summed E-state index contributed by atoms with van der Waals surface area (Å²) in [5.74, 6) is 0. The van der Waals surface area contributed by atoms with Crippen LogP contribution in [0, 0.1) is 0 Å². The second kappa shape index (κ2) is 5.63. The molecule has 0 fully saturated rings. The van der Waals surface area contributed by atoms with Crippen molar-refractivity contribution in [2.45, 2.75) is 31.9 Å². The Morgan fingerprint density at radius 1 is 1.53 bits per heavy atom. The Morgan fingerprint density at radius 3 is 2.80 bits per heavy atom. The summed E-state index contributed by atoms with van der Waals surface area (Å²) in [6.07, 6.45) is 4.00. The number of rotatable bonds is 5. The highest BCUT2D eigenvalue weighted by Gasteiger charge is 2.14. The molecule has 1 aliphatic heterocycles. The van der Waals surface area contributed by atoms with Crippen LogP contribution in [0.3, 0.4) is 0 Å². The van der Waals surface area contributed by atoms with Crippen LogP contribution in [0.4, 0.5) is 0 Å². The molecular weight excluding hydrogens is 212 g/mol. The van der Waals surface area contributed by atoms with Crippen molar-refractivity contribution in [2.75, 3.05) is 19.6 Å².